The van der Waals surface area contributed by atoms with E-state index in [4.69, 9.17) is 4.74 Å². The molecule has 2 nitrogen and oxygen atoms in total. The van der Waals surface area contributed by atoms with Crippen LogP contribution in [0, 0.1) is 0 Å². The van der Waals surface area contributed by atoms with Gasteiger partial charge in [-0.1, -0.05) is 62.2 Å². The van der Waals surface area contributed by atoms with Gasteiger partial charge >= 0.3 is 5.97 Å². The van der Waals surface area contributed by atoms with E-state index < -0.39 is 0 Å². The van der Waals surface area contributed by atoms with E-state index in [1.807, 2.05) is 42.5 Å². The standard InChI is InChI=1S/C18H20O2/c1-2-3-7-14-20-18(19)17-12-10-16(11-13-17)15-8-5-4-6-9-15/h4-6,8-13H,2-3,7,14H2,1H3. The van der Waals surface area contributed by atoms with Gasteiger partial charge in [-0.05, 0) is 29.7 Å². The van der Waals surface area contributed by atoms with Crippen LogP contribution in [0.15, 0.2) is 54.6 Å². The summed E-state index contributed by atoms with van der Waals surface area (Å²) in [6, 6.07) is 17.7. The zero-order chi connectivity index (χ0) is 14.2. The first-order valence-corrected chi connectivity index (χ1v) is 7.14. The quantitative estimate of drug-likeness (QED) is 0.560. The Bertz CT molecular complexity index is 529. The molecule has 0 radical (unpaired) electrons. The highest BCUT2D eigenvalue weighted by atomic mass is 16.5. The minimum atomic E-state index is -0.235. The molecular formula is C18H20O2. The monoisotopic (exact) mass is 268 g/mol. The molecule has 20 heavy (non-hydrogen) atoms. The molecule has 0 saturated heterocycles. The first-order valence-electron chi connectivity index (χ1n) is 7.14. The van der Waals surface area contributed by atoms with Crippen LogP contribution in [0.2, 0.25) is 0 Å². The first-order chi connectivity index (χ1) is 9.81. The summed E-state index contributed by atoms with van der Waals surface area (Å²) in [4.78, 5) is 11.8. The highest BCUT2D eigenvalue weighted by Gasteiger charge is 2.06. The average Bonchev–Trinajstić information content (AvgIpc) is 2.52. The van der Waals surface area contributed by atoms with Crippen LogP contribution in [-0.4, -0.2) is 12.6 Å². The molecule has 0 aliphatic rings. The molecule has 104 valence electrons. The van der Waals surface area contributed by atoms with Gasteiger partial charge in [-0.15, -0.1) is 0 Å². The number of carbonyl (C=O) groups is 1. The maximum absolute atomic E-state index is 11.8. The Morgan fingerprint density at radius 1 is 0.900 bits per heavy atom. The molecular weight excluding hydrogens is 248 g/mol. The lowest BCUT2D eigenvalue weighted by Gasteiger charge is -2.06. The summed E-state index contributed by atoms with van der Waals surface area (Å²) in [5, 5.41) is 0. The van der Waals surface area contributed by atoms with Crippen molar-refractivity contribution in [1.82, 2.24) is 0 Å². The van der Waals surface area contributed by atoms with Crippen molar-refractivity contribution >= 4 is 5.97 Å². The van der Waals surface area contributed by atoms with Crippen molar-refractivity contribution in [3.8, 4) is 11.1 Å². The average molecular weight is 268 g/mol. The smallest absolute Gasteiger partial charge is 0.338 e. The van der Waals surface area contributed by atoms with Crippen LogP contribution in [-0.2, 0) is 4.74 Å². The molecule has 2 aromatic rings. The van der Waals surface area contributed by atoms with Gasteiger partial charge in [0.2, 0.25) is 0 Å². The van der Waals surface area contributed by atoms with Gasteiger partial charge in [-0.25, -0.2) is 4.79 Å². The van der Waals surface area contributed by atoms with E-state index in [1.165, 1.54) is 0 Å². The van der Waals surface area contributed by atoms with E-state index in [0.717, 1.165) is 30.4 Å². The van der Waals surface area contributed by atoms with E-state index in [-0.39, 0.29) is 5.97 Å². The predicted molar refractivity (Wildman–Crippen MR) is 81.7 cm³/mol. The molecule has 2 rings (SSSR count). The molecule has 2 aromatic carbocycles. The Hall–Kier alpha value is -2.09. The summed E-state index contributed by atoms with van der Waals surface area (Å²) in [5.41, 5.74) is 2.87. The summed E-state index contributed by atoms with van der Waals surface area (Å²) in [6.45, 7) is 2.64. The summed E-state index contributed by atoms with van der Waals surface area (Å²) in [7, 11) is 0. The third kappa shape index (κ3) is 3.95. The molecule has 0 unspecified atom stereocenters. The van der Waals surface area contributed by atoms with E-state index in [9.17, 15) is 4.79 Å². The van der Waals surface area contributed by atoms with Crippen molar-refractivity contribution in [2.75, 3.05) is 6.61 Å². The van der Waals surface area contributed by atoms with Crippen LogP contribution in [0.4, 0.5) is 0 Å². The van der Waals surface area contributed by atoms with Crippen LogP contribution in [0.5, 0.6) is 0 Å². The molecule has 2 heteroatoms. The largest absolute Gasteiger partial charge is 0.462 e. The second-order valence-electron chi connectivity index (χ2n) is 4.79. The fraction of sp³-hybridized carbons (Fsp3) is 0.278. The molecule has 0 aliphatic carbocycles. The topological polar surface area (TPSA) is 26.3 Å². The number of ether oxygens (including phenoxy) is 1. The van der Waals surface area contributed by atoms with Crippen LogP contribution in [0.1, 0.15) is 36.5 Å². The first kappa shape index (κ1) is 14.3. The lowest BCUT2D eigenvalue weighted by Crippen LogP contribution is -2.06. The predicted octanol–water partition coefficient (Wildman–Crippen LogP) is 4.70. The Morgan fingerprint density at radius 2 is 1.55 bits per heavy atom. The van der Waals surface area contributed by atoms with Crippen molar-refractivity contribution < 1.29 is 9.53 Å². The number of benzene rings is 2. The number of esters is 1. The highest BCUT2D eigenvalue weighted by Crippen LogP contribution is 2.19. The third-order valence-corrected chi connectivity index (χ3v) is 3.21. The van der Waals surface area contributed by atoms with Crippen molar-refractivity contribution in [2.45, 2.75) is 26.2 Å². The summed E-state index contributed by atoms with van der Waals surface area (Å²) < 4.78 is 5.24. The molecule has 0 fully saturated rings. The maximum atomic E-state index is 11.8. The minimum absolute atomic E-state index is 0.235. The van der Waals surface area contributed by atoms with Gasteiger partial charge in [0, 0.05) is 0 Å². The van der Waals surface area contributed by atoms with Gasteiger partial charge in [-0.2, -0.15) is 0 Å². The molecule has 0 bridgehead atoms. The maximum Gasteiger partial charge on any atom is 0.338 e. The fourth-order valence-electron chi connectivity index (χ4n) is 2.03. The van der Waals surface area contributed by atoms with Crippen LogP contribution in [0.25, 0.3) is 11.1 Å². The molecule has 0 amide bonds. The van der Waals surface area contributed by atoms with E-state index in [1.54, 1.807) is 0 Å². The molecule has 0 atom stereocenters. The molecule has 0 saturated carbocycles. The molecule has 0 aliphatic heterocycles. The van der Waals surface area contributed by atoms with E-state index in [2.05, 4.69) is 19.1 Å². The van der Waals surface area contributed by atoms with Gasteiger partial charge in [0.15, 0.2) is 0 Å². The molecule has 0 N–H and O–H groups in total. The third-order valence-electron chi connectivity index (χ3n) is 3.21. The summed E-state index contributed by atoms with van der Waals surface area (Å²) in [5.74, 6) is -0.235. The number of unbranched alkanes of at least 4 members (excludes halogenated alkanes) is 2. The van der Waals surface area contributed by atoms with Gasteiger partial charge in [-0.3, -0.25) is 0 Å². The van der Waals surface area contributed by atoms with E-state index >= 15 is 0 Å². The normalized spacial score (nSPS) is 10.2. The van der Waals surface area contributed by atoms with Gasteiger partial charge in [0.05, 0.1) is 12.2 Å². The number of carbonyl (C=O) groups excluding carboxylic acids is 1. The Balaban J connectivity index is 1.96. The molecule has 0 heterocycles. The zero-order valence-electron chi connectivity index (χ0n) is 11.8. The second-order valence-corrected chi connectivity index (χ2v) is 4.79. The van der Waals surface area contributed by atoms with Crippen LogP contribution < -0.4 is 0 Å². The van der Waals surface area contributed by atoms with Crippen molar-refractivity contribution in [3.05, 3.63) is 60.2 Å². The number of rotatable bonds is 6. The van der Waals surface area contributed by atoms with E-state index in [0.29, 0.717) is 12.2 Å². The Kier molecular flexibility index (Phi) is 5.36. The van der Waals surface area contributed by atoms with Crippen molar-refractivity contribution in [2.24, 2.45) is 0 Å². The molecule has 0 aromatic heterocycles. The van der Waals surface area contributed by atoms with Gasteiger partial charge < -0.3 is 4.74 Å². The van der Waals surface area contributed by atoms with Crippen LogP contribution >= 0.6 is 0 Å². The minimum Gasteiger partial charge on any atom is -0.462 e. The Labute approximate surface area is 120 Å². The van der Waals surface area contributed by atoms with Crippen molar-refractivity contribution in [3.63, 3.8) is 0 Å². The highest BCUT2D eigenvalue weighted by molar-refractivity contribution is 5.90. The lowest BCUT2D eigenvalue weighted by molar-refractivity contribution is 0.0498. The zero-order valence-corrected chi connectivity index (χ0v) is 11.8. The fourth-order valence-corrected chi connectivity index (χ4v) is 2.03. The summed E-state index contributed by atoms with van der Waals surface area (Å²) >= 11 is 0. The van der Waals surface area contributed by atoms with Crippen molar-refractivity contribution in [1.29, 1.82) is 0 Å². The summed E-state index contributed by atoms with van der Waals surface area (Å²) in [6.07, 6.45) is 3.16. The number of hydrogen-bond donors (Lipinski definition) is 0. The van der Waals surface area contributed by atoms with Crippen LogP contribution in [0.3, 0.4) is 0 Å². The SMILES string of the molecule is CCCCCOC(=O)c1ccc(-c2ccccc2)cc1. The molecule has 0 spiro atoms. The lowest BCUT2D eigenvalue weighted by atomic mass is 10.0. The van der Waals surface area contributed by atoms with Gasteiger partial charge in [0.1, 0.15) is 0 Å². The van der Waals surface area contributed by atoms with Gasteiger partial charge in [0.25, 0.3) is 0 Å². The second kappa shape index (κ2) is 7.49. The Morgan fingerprint density at radius 3 is 2.20 bits per heavy atom. The number of hydrogen-bond acceptors (Lipinski definition) is 2.